The van der Waals surface area contributed by atoms with Gasteiger partial charge in [-0.05, 0) is 12.8 Å². The fourth-order valence-corrected chi connectivity index (χ4v) is 2.03. The Bertz CT molecular complexity index is 240. The monoisotopic (exact) mass is 250 g/mol. The molecule has 0 aliphatic heterocycles. The summed E-state index contributed by atoms with van der Waals surface area (Å²) < 4.78 is 28.1. The van der Waals surface area contributed by atoms with E-state index in [0.717, 1.165) is 25.7 Å². The Labute approximate surface area is 99.9 Å². The Morgan fingerprint density at radius 2 is 2.12 bits per heavy atom. The van der Waals surface area contributed by atoms with Gasteiger partial charge >= 0.3 is 0 Å². The highest BCUT2D eigenvalue weighted by atomic mass is 19.3. The summed E-state index contributed by atoms with van der Waals surface area (Å²) in [5, 5.41) is 2.67. The van der Waals surface area contributed by atoms with E-state index in [1.807, 2.05) is 0 Å². The van der Waals surface area contributed by atoms with Crippen LogP contribution in [0.1, 0.15) is 25.7 Å². The lowest BCUT2D eigenvalue weighted by Crippen LogP contribution is -2.44. The molecule has 1 rings (SSSR count). The standard InChI is InChI=1S/C11H20F2N2O2/c12-10(13)7-17-6-5-15-11(16)8-3-1-2-4-9(8)14/h8-10H,1-7,14H2,(H,15,16). The summed E-state index contributed by atoms with van der Waals surface area (Å²) in [5.41, 5.74) is 5.86. The van der Waals surface area contributed by atoms with E-state index in [9.17, 15) is 13.6 Å². The third kappa shape index (κ3) is 5.41. The van der Waals surface area contributed by atoms with Crippen molar-refractivity contribution < 1.29 is 18.3 Å². The Balaban J connectivity index is 2.11. The van der Waals surface area contributed by atoms with Crippen LogP contribution in [0.2, 0.25) is 0 Å². The highest BCUT2D eigenvalue weighted by Gasteiger charge is 2.27. The average molecular weight is 250 g/mol. The number of alkyl halides is 2. The molecular formula is C11H20F2N2O2. The van der Waals surface area contributed by atoms with Crippen molar-refractivity contribution in [1.82, 2.24) is 5.32 Å². The smallest absolute Gasteiger partial charge is 0.261 e. The van der Waals surface area contributed by atoms with Gasteiger partial charge in [0.25, 0.3) is 6.43 Å². The van der Waals surface area contributed by atoms with E-state index in [4.69, 9.17) is 5.73 Å². The van der Waals surface area contributed by atoms with Crippen molar-refractivity contribution in [3.8, 4) is 0 Å². The molecular weight excluding hydrogens is 230 g/mol. The fourth-order valence-electron chi connectivity index (χ4n) is 2.03. The molecule has 0 heterocycles. The summed E-state index contributed by atoms with van der Waals surface area (Å²) in [6.07, 6.45) is 1.32. The van der Waals surface area contributed by atoms with Crippen molar-refractivity contribution in [2.45, 2.75) is 38.2 Å². The number of carbonyl (C=O) groups is 1. The molecule has 1 saturated carbocycles. The van der Waals surface area contributed by atoms with Crippen molar-refractivity contribution in [3.63, 3.8) is 0 Å². The summed E-state index contributed by atoms with van der Waals surface area (Å²) in [4.78, 5) is 11.7. The number of amides is 1. The molecule has 1 aliphatic rings. The van der Waals surface area contributed by atoms with Crippen LogP contribution in [-0.2, 0) is 9.53 Å². The van der Waals surface area contributed by atoms with E-state index in [2.05, 4.69) is 10.1 Å². The van der Waals surface area contributed by atoms with Crippen LogP contribution < -0.4 is 11.1 Å². The van der Waals surface area contributed by atoms with Crippen molar-refractivity contribution in [3.05, 3.63) is 0 Å². The number of hydrogen-bond acceptors (Lipinski definition) is 3. The van der Waals surface area contributed by atoms with Gasteiger partial charge in [0.15, 0.2) is 0 Å². The predicted octanol–water partition coefficient (Wildman–Crippen LogP) is 0.902. The molecule has 6 heteroatoms. The van der Waals surface area contributed by atoms with Gasteiger partial charge in [0.05, 0.1) is 12.5 Å². The number of nitrogens with two attached hydrogens (primary N) is 1. The zero-order chi connectivity index (χ0) is 12.7. The summed E-state index contributed by atoms with van der Waals surface area (Å²) in [7, 11) is 0. The summed E-state index contributed by atoms with van der Waals surface area (Å²) >= 11 is 0. The largest absolute Gasteiger partial charge is 0.374 e. The molecule has 2 unspecified atom stereocenters. The first-order valence-corrected chi connectivity index (χ1v) is 6.00. The second kappa shape index (κ2) is 7.55. The van der Waals surface area contributed by atoms with Crippen LogP contribution in [0.5, 0.6) is 0 Å². The number of hydrogen-bond donors (Lipinski definition) is 2. The minimum absolute atomic E-state index is 0.0780. The lowest BCUT2D eigenvalue weighted by Gasteiger charge is -2.27. The van der Waals surface area contributed by atoms with Crippen molar-refractivity contribution >= 4 is 5.91 Å². The molecule has 3 N–H and O–H groups in total. The van der Waals surface area contributed by atoms with E-state index in [1.54, 1.807) is 0 Å². The molecule has 1 fully saturated rings. The van der Waals surface area contributed by atoms with Crippen molar-refractivity contribution in [2.24, 2.45) is 11.7 Å². The lowest BCUT2D eigenvalue weighted by atomic mass is 9.84. The van der Waals surface area contributed by atoms with Crippen LogP contribution >= 0.6 is 0 Å². The van der Waals surface area contributed by atoms with Gasteiger partial charge in [-0.15, -0.1) is 0 Å². The molecule has 0 spiro atoms. The maximum absolute atomic E-state index is 11.7. The predicted molar refractivity (Wildman–Crippen MR) is 59.8 cm³/mol. The summed E-state index contributed by atoms with van der Waals surface area (Å²) in [6, 6.07) is -0.0780. The van der Waals surface area contributed by atoms with E-state index in [0.29, 0.717) is 0 Å². The molecule has 1 amide bonds. The van der Waals surface area contributed by atoms with Crippen LogP contribution in [-0.4, -0.2) is 38.1 Å². The Morgan fingerprint density at radius 1 is 1.41 bits per heavy atom. The van der Waals surface area contributed by atoms with Crippen LogP contribution in [0.25, 0.3) is 0 Å². The molecule has 0 aromatic heterocycles. The number of nitrogens with one attached hydrogen (secondary N) is 1. The van der Waals surface area contributed by atoms with Crippen LogP contribution in [0.4, 0.5) is 8.78 Å². The molecule has 2 atom stereocenters. The van der Waals surface area contributed by atoms with Gasteiger partial charge in [-0.25, -0.2) is 8.78 Å². The summed E-state index contributed by atoms with van der Waals surface area (Å²) in [6.45, 7) is -0.217. The molecule has 0 saturated heterocycles. The number of halogens is 2. The minimum atomic E-state index is -2.46. The first-order valence-electron chi connectivity index (χ1n) is 6.00. The highest BCUT2D eigenvalue weighted by Crippen LogP contribution is 2.22. The maximum atomic E-state index is 11.7. The lowest BCUT2D eigenvalue weighted by molar-refractivity contribution is -0.126. The molecule has 0 radical (unpaired) electrons. The Morgan fingerprint density at radius 3 is 2.76 bits per heavy atom. The minimum Gasteiger partial charge on any atom is -0.374 e. The quantitative estimate of drug-likeness (QED) is 0.688. The third-order valence-electron chi connectivity index (χ3n) is 2.95. The highest BCUT2D eigenvalue weighted by molar-refractivity contribution is 5.79. The van der Waals surface area contributed by atoms with Gasteiger partial charge in [-0.1, -0.05) is 12.8 Å². The van der Waals surface area contributed by atoms with Crippen LogP contribution in [0.3, 0.4) is 0 Å². The SMILES string of the molecule is NC1CCCCC1C(=O)NCCOCC(F)F. The molecule has 0 aromatic carbocycles. The Hall–Kier alpha value is -0.750. The van der Waals surface area contributed by atoms with Gasteiger partial charge in [0, 0.05) is 12.6 Å². The second-order valence-electron chi connectivity index (χ2n) is 4.31. The molecule has 100 valence electrons. The molecule has 4 nitrogen and oxygen atoms in total. The first-order chi connectivity index (χ1) is 8.11. The van der Waals surface area contributed by atoms with Gasteiger partial charge in [-0.3, -0.25) is 4.79 Å². The van der Waals surface area contributed by atoms with E-state index >= 15 is 0 Å². The molecule has 1 aliphatic carbocycles. The van der Waals surface area contributed by atoms with Crippen molar-refractivity contribution in [2.75, 3.05) is 19.8 Å². The van der Waals surface area contributed by atoms with Gasteiger partial charge in [0.1, 0.15) is 6.61 Å². The average Bonchev–Trinajstić information content (AvgIpc) is 2.28. The maximum Gasteiger partial charge on any atom is 0.261 e. The van der Waals surface area contributed by atoms with Gasteiger partial charge in [0.2, 0.25) is 5.91 Å². The van der Waals surface area contributed by atoms with E-state index in [-0.39, 0.29) is 31.0 Å². The van der Waals surface area contributed by atoms with Gasteiger partial charge in [-0.2, -0.15) is 0 Å². The molecule has 0 bridgehead atoms. The zero-order valence-corrected chi connectivity index (χ0v) is 9.83. The number of carbonyl (C=O) groups excluding carboxylic acids is 1. The van der Waals surface area contributed by atoms with Crippen LogP contribution in [0.15, 0.2) is 0 Å². The third-order valence-corrected chi connectivity index (χ3v) is 2.95. The molecule has 17 heavy (non-hydrogen) atoms. The normalized spacial score (nSPS) is 24.9. The second-order valence-corrected chi connectivity index (χ2v) is 4.31. The van der Waals surface area contributed by atoms with Crippen LogP contribution in [0, 0.1) is 5.92 Å². The fraction of sp³-hybridized carbons (Fsp3) is 0.909. The topological polar surface area (TPSA) is 64.4 Å². The van der Waals surface area contributed by atoms with E-state index < -0.39 is 13.0 Å². The Kier molecular flexibility index (Phi) is 6.36. The van der Waals surface area contributed by atoms with Gasteiger partial charge < -0.3 is 15.8 Å². The summed E-state index contributed by atoms with van der Waals surface area (Å²) in [5.74, 6) is -0.225. The molecule has 0 aromatic rings. The number of ether oxygens (including phenoxy) is 1. The number of rotatable bonds is 6. The first kappa shape index (κ1) is 14.3. The van der Waals surface area contributed by atoms with Crippen molar-refractivity contribution in [1.29, 1.82) is 0 Å². The van der Waals surface area contributed by atoms with E-state index in [1.165, 1.54) is 0 Å². The zero-order valence-electron chi connectivity index (χ0n) is 9.83.